The molecule has 0 heterocycles. The molecule has 0 aromatic heterocycles. The zero-order valence-corrected chi connectivity index (χ0v) is 22.3. The molecular formula is C25H50NO7P. The molecule has 4 N–H and O–H groups in total. The van der Waals surface area contributed by atoms with Crippen molar-refractivity contribution in [2.45, 2.75) is 135 Å². The molecule has 9 heteroatoms. The maximum absolute atomic E-state index is 11.9. The summed E-state index contributed by atoms with van der Waals surface area (Å²) in [4.78, 5) is 31.9. The van der Waals surface area contributed by atoms with Gasteiger partial charge in [0.15, 0.2) is 0 Å². The average molecular weight is 508 g/mol. The second-order valence-corrected chi connectivity index (χ2v) is 10.7. The van der Waals surface area contributed by atoms with E-state index >= 15 is 0 Å². The number of carboxylic acids is 1. The van der Waals surface area contributed by atoms with Crippen LogP contribution in [0.25, 0.3) is 0 Å². The molecule has 0 saturated heterocycles. The van der Waals surface area contributed by atoms with E-state index in [4.69, 9.17) is 15.4 Å². The van der Waals surface area contributed by atoms with E-state index < -0.39 is 26.4 Å². The molecule has 0 rings (SSSR count). The molecule has 0 radical (unpaired) electrons. The molecule has 34 heavy (non-hydrogen) atoms. The van der Waals surface area contributed by atoms with Gasteiger partial charge < -0.3 is 15.7 Å². The Labute approximate surface area is 207 Å². The lowest BCUT2D eigenvalue weighted by atomic mass is 10.0. The topological polar surface area (TPSA) is 136 Å². The molecule has 0 aliphatic heterocycles. The quantitative estimate of drug-likeness (QED) is 0.0887. The molecule has 0 aromatic carbocycles. The van der Waals surface area contributed by atoms with Crippen LogP contribution in [-0.2, 0) is 23.2 Å². The molecule has 0 saturated carbocycles. The maximum Gasteiger partial charge on any atom is 0.472 e. The third-order valence-electron chi connectivity index (χ3n) is 5.90. The SMILES string of the molecule is CCCCCCCCCCCCCCCCCC(=O)CCCCOP(=O)(O)OC[C@H](N)C(=O)O. The molecule has 0 aliphatic carbocycles. The van der Waals surface area contributed by atoms with Gasteiger partial charge in [0.2, 0.25) is 0 Å². The molecule has 1 unspecified atom stereocenters. The monoisotopic (exact) mass is 507 g/mol. The van der Waals surface area contributed by atoms with Crippen LogP contribution in [0.15, 0.2) is 0 Å². The average Bonchev–Trinajstić information content (AvgIpc) is 2.79. The van der Waals surface area contributed by atoms with Crippen molar-refractivity contribution in [3.05, 3.63) is 0 Å². The van der Waals surface area contributed by atoms with Crippen molar-refractivity contribution in [3.8, 4) is 0 Å². The highest BCUT2D eigenvalue weighted by Crippen LogP contribution is 2.43. The summed E-state index contributed by atoms with van der Waals surface area (Å²) < 4.78 is 20.9. The first-order chi connectivity index (χ1) is 16.3. The normalized spacial score (nSPS) is 14.1. The Hall–Kier alpha value is -0.790. The minimum Gasteiger partial charge on any atom is -0.480 e. The number of phosphoric acid groups is 1. The van der Waals surface area contributed by atoms with Crippen LogP contribution in [0.1, 0.15) is 129 Å². The molecule has 0 bridgehead atoms. The summed E-state index contributed by atoms with van der Waals surface area (Å²) in [6, 6.07) is -1.39. The summed E-state index contributed by atoms with van der Waals surface area (Å²) in [7, 11) is -4.32. The van der Waals surface area contributed by atoms with E-state index in [0.29, 0.717) is 25.7 Å². The van der Waals surface area contributed by atoms with E-state index in [1.807, 2.05) is 0 Å². The van der Waals surface area contributed by atoms with Gasteiger partial charge >= 0.3 is 13.8 Å². The standard InChI is InChI=1S/C25H50NO7P/c1-2-3-4-5-6-7-8-9-10-11-12-13-14-15-16-19-23(27)20-17-18-21-32-34(30,31)33-22-24(26)25(28)29/h24H,2-22,26H2,1H3,(H,28,29)(H,30,31)/t24-/m0/s1. The van der Waals surface area contributed by atoms with Gasteiger partial charge in [-0.3, -0.25) is 18.6 Å². The third kappa shape index (κ3) is 23.0. The van der Waals surface area contributed by atoms with Crippen molar-refractivity contribution in [1.82, 2.24) is 0 Å². The van der Waals surface area contributed by atoms with E-state index in [2.05, 4.69) is 11.4 Å². The van der Waals surface area contributed by atoms with Crippen LogP contribution in [0.5, 0.6) is 0 Å². The van der Waals surface area contributed by atoms with E-state index in [1.54, 1.807) is 0 Å². The highest BCUT2D eigenvalue weighted by molar-refractivity contribution is 7.47. The number of aliphatic carboxylic acids is 1. The van der Waals surface area contributed by atoms with Crippen molar-refractivity contribution in [2.24, 2.45) is 5.73 Å². The van der Waals surface area contributed by atoms with Gasteiger partial charge in [-0.15, -0.1) is 0 Å². The Balaban J connectivity index is 3.41. The van der Waals surface area contributed by atoms with Crippen LogP contribution in [-0.4, -0.2) is 41.0 Å². The molecule has 0 aliphatic rings. The van der Waals surface area contributed by atoms with Crippen LogP contribution in [0.3, 0.4) is 0 Å². The minimum atomic E-state index is -4.32. The third-order valence-corrected chi connectivity index (χ3v) is 6.88. The highest BCUT2D eigenvalue weighted by atomic mass is 31.2. The lowest BCUT2D eigenvalue weighted by Gasteiger charge is -2.13. The number of rotatable bonds is 26. The van der Waals surface area contributed by atoms with Crippen LogP contribution < -0.4 is 5.73 Å². The highest BCUT2D eigenvalue weighted by Gasteiger charge is 2.24. The first-order valence-corrected chi connectivity index (χ1v) is 14.9. The fourth-order valence-corrected chi connectivity index (χ4v) is 4.49. The zero-order valence-electron chi connectivity index (χ0n) is 21.4. The van der Waals surface area contributed by atoms with Gasteiger partial charge in [0.05, 0.1) is 13.2 Å². The van der Waals surface area contributed by atoms with Crippen molar-refractivity contribution in [3.63, 3.8) is 0 Å². The Morgan fingerprint density at radius 1 is 0.735 bits per heavy atom. The smallest absolute Gasteiger partial charge is 0.472 e. The molecule has 202 valence electrons. The molecule has 2 atom stereocenters. The fraction of sp³-hybridized carbons (Fsp3) is 0.920. The molecular weight excluding hydrogens is 457 g/mol. The Kier molecular flexibility index (Phi) is 22.1. The molecule has 0 amide bonds. The summed E-state index contributed by atoms with van der Waals surface area (Å²) in [5, 5.41) is 8.61. The summed E-state index contributed by atoms with van der Waals surface area (Å²) in [6.45, 7) is 1.61. The number of Topliss-reactive ketones (excluding diaryl/α,β-unsaturated/α-hetero) is 1. The van der Waals surface area contributed by atoms with E-state index in [1.165, 1.54) is 83.5 Å². The van der Waals surface area contributed by atoms with Gasteiger partial charge in [0, 0.05) is 12.8 Å². The maximum atomic E-state index is 11.9. The number of carbonyl (C=O) groups is 2. The predicted molar refractivity (Wildman–Crippen MR) is 136 cm³/mol. The minimum absolute atomic E-state index is 0.0394. The van der Waals surface area contributed by atoms with E-state index in [0.717, 1.165) is 12.8 Å². The van der Waals surface area contributed by atoms with Crippen LogP contribution >= 0.6 is 7.82 Å². The van der Waals surface area contributed by atoms with Gasteiger partial charge in [0.25, 0.3) is 0 Å². The number of ketones is 1. The second kappa shape index (κ2) is 22.7. The molecule has 8 nitrogen and oxygen atoms in total. The molecule has 0 spiro atoms. The largest absolute Gasteiger partial charge is 0.480 e. The number of nitrogens with two attached hydrogens (primary N) is 1. The van der Waals surface area contributed by atoms with Gasteiger partial charge in [-0.1, -0.05) is 96.8 Å². The lowest BCUT2D eigenvalue weighted by Crippen LogP contribution is -2.34. The van der Waals surface area contributed by atoms with Crippen LogP contribution in [0.4, 0.5) is 0 Å². The molecule has 0 aromatic rings. The van der Waals surface area contributed by atoms with Gasteiger partial charge in [-0.25, -0.2) is 4.57 Å². The molecule has 0 fully saturated rings. The number of hydrogen-bond donors (Lipinski definition) is 3. The number of carbonyl (C=O) groups excluding carboxylic acids is 1. The number of unbranched alkanes of at least 4 members (excludes halogenated alkanes) is 15. The summed E-state index contributed by atoms with van der Waals surface area (Å²) in [5.41, 5.74) is 5.20. The van der Waals surface area contributed by atoms with Crippen LogP contribution in [0.2, 0.25) is 0 Å². The first-order valence-electron chi connectivity index (χ1n) is 13.4. The van der Waals surface area contributed by atoms with Crippen molar-refractivity contribution in [1.29, 1.82) is 0 Å². The lowest BCUT2D eigenvalue weighted by molar-refractivity contribution is -0.139. The van der Waals surface area contributed by atoms with Crippen molar-refractivity contribution >= 4 is 19.6 Å². The van der Waals surface area contributed by atoms with Crippen molar-refractivity contribution in [2.75, 3.05) is 13.2 Å². The van der Waals surface area contributed by atoms with Crippen LogP contribution in [0, 0.1) is 0 Å². The van der Waals surface area contributed by atoms with Crippen molar-refractivity contribution < 1.29 is 33.2 Å². The second-order valence-electron chi connectivity index (χ2n) is 9.24. The van der Waals surface area contributed by atoms with E-state index in [9.17, 15) is 19.0 Å². The first kappa shape index (κ1) is 33.2. The predicted octanol–water partition coefficient (Wildman–Crippen LogP) is 6.53. The number of carboxylic acid groups (broad SMARTS) is 1. The number of phosphoric ester groups is 1. The summed E-state index contributed by atoms with van der Waals surface area (Å²) >= 11 is 0. The summed E-state index contributed by atoms with van der Waals surface area (Å²) in [5.74, 6) is -1.11. The number of hydrogen-bond acceptors (Lipinski definition) is 6. The van der Waals surface area contributed by atoms with Gasteiger partial charge in [-0.2, -0.15) is 0 Å². The Morgan fingerprint density at radius 3 is 1.59 bits per heavy atom. The van der Waals surface area contributed by atoms with Gasteiger partial charge in [-0.05, 0) is 19.3 Å². The Bertz CT molecular complexity index is 559. The summed E-state index contributed by atoms with van der Waals surface area (Å²) in [6.07, 6.45) is 21.5. The van der Waals surface area contributed by atoms with Gasteiger partial charge in [0.1, 0.15) is 11.8 Å². The van der Waals surface area contributed by atoms with E-state index in [-0.39, 0.29) is 12.4 Å². The Morgan fingerprint density at radius 2 is 1.15 bits per heavy atom. The fourth-order valence-electron chi connectivity index (χ4n) is 3.71. The zero-order chi connectivity index (χ0) is 25.5.